The first-order valence-electron chi connectivity index (χ1n) is 7.40. The van der Waals surface area contributed by atoms with Gasteiger partial charge in [0.25, 0.3) is 0 Å². The number of carbonyl (C=O) groups excluding carboxylic acids is 1. The Hall–Kier alpha value is -0.610. The second-order valence-corrected chi connectivity index (χ2v) is 6.38. The molecule has 2 aliphatic heterocycles. The summed E-state index contributed by atoms with van der Waals surface area (Å²) >= 11 is 0. The van der Waals surface area contributed by atoms with Crippen LogP contribution in [0.4, 0.5) is 0 Å². The zero-order valence-electron chi connectivity index (χ0n) is 11.4. The maximum atomic E-state index is 11.4. The summed E-state index contributed by atoms with van der Waals surface area (Å²) in [4.78, 5) is 16.4. The highest BCUT2D eigenvalue weighted by molar-refractivity contribution is 5.77. The maximum absolute atomic E-state index is 11.4. The number of piperidine rings is 1. The van der Waals surface area contributed by atoms with Crippen LogP contribution in [0.5, 0.6) is 0 Å². The minimum Gasteiger partial charge on any atom is -0.358 e. The Bertz CT molecular complexity index is 316. The summed E-state index contributed by atoms with van der Waals surface area (Å²) in [5.74, 6) is 2.86. The highest BCUT2D eigenvalue weighted by atomic mass is 16.1. The van der Waals surface area contributed by atoms with E-state index in [-0.39, 0.29) is 5.91 Å². The molecule has 0 unspecified atom stereocenters. The first kappa shape index (κ1) is 12.4. The first-order chi connectivity index (χ1) is 8.74. The number of hydrogen-bond acceptors (Lipinski definition) is 3. The SMILES string of the molecule is CNC(=O)CN1CC[C@@H]2CN(CC3CC3)C[C@@H]2C1. The zero-order chi connectivity index (χ0) is 12.5. The molecule has 1 saturated carbocycles. The van der Waals surface area contributed by atoms with Gasteiger partial charge in [-0.3, -0.25) is 9.69 Å². The van der Waals surface area contributed by atoms with Crippen LogP contribution >= 0.6 is 0 Å². The molecule has 0 radical (unpaired) electrons. The highest BCUT2D eigenvalue weighted by Crippen LogP contribution is 2.35. The number of nitrogens with one attached hydrogen (secondary N) is 1. The quantitative estimate of drug-likeness (QED) is 0.785. The summed E-state index contributed by atoms with van der Waals surface area (Å²) in [7, 11) is 1.72. The molecule has 18 heavy (non-hydrogen) atoms. The molecule has 0 aromatic carbocycles. The van der Waals surface area contributed by atoms with Crippen molar-refractivity contribution in [3.8, 4) is 0 Å². The molecule has 4 heteroatoms. The van der Waals surface area contributed by atoms with Gasteiger partial charge in [-0.1, -0.05) is 0 Å². The van der Waals surface area contributed by atoms with E-state index in [1.807, 2.05) is 0 Å². The largest absolute Gasteiger partial charge is 0.358 e. The summed E-state index contributed by atoms with van der Waals surface area (Å²) in [6, 6.07) is 0. The number of amides is 1. The van der Waals surface area contributed by atoms with Crippen molar-refractivity contribution in [2.45, 2.75) is 19.3 Å². The van der Waals surface area contributed by atoms with Gasteiger partial charge in [-0.2, -0.15) is 0 Å². The van der Waals surface area contributed by atoms with Gasteiger partial charge >= 0.3 is 0 Å². The second kappa shape index (κ2) is 5.17. The van der Waals surface area contributed by atoms with Gasteiger partial charge in [-0.05, 0) is 43.6 Å². The van der Waals surface area contributed by atoms with Gasteiger partial charge < -0.3 is 10.2 Å². The fourth-order valence-corrected chi connectivity index (χ4v) is 3.58. The molecule has 2 saturated heterocycles. The first-order valence-corrected chi connectivity index (χ1v) is 7.40. The molecule has 3 rings (SSSR count). The number of fused-ring (bicyclic) bond motifs is 1. The molecule has 3 aliphatic rings. The van der Waals surface area contributed by atoms with Crippen molar-refractivity contribution < 1.29 is 4.79 Å². The lowest BCUT2D eigenvalue weighted by Gasteiger charge is -2.33. The van der Waals surface area contributed by atoms with Crippen LogP contribution in [0.15, 0.2) is 0 Å². The van der Waals surface area contributed by atoms with Crippen molar-refractivity contribution in [2.24, 2.45) is 17.8 Å². The zero-order valence-corrected chi connectivity index (χ0v) is 11.4. The summed E-state index contributed by atoms with van der Waals surface area (Å²) in [5.41, 5.74) is 0. The lowest BCUT2D eigenvalue weighted by Crippen LogP contribution is -2.44. The van der Waals surface area contributed by atoms with E-state index >= 15 is 0 Å². The Labute approximate surface area is 110 Å². The fourth-order valence-electron chi connectivity index (χ4n) is 3.58. The van der Waals surface area contributed by atoms with Crippen LogP contribution in [-0.2, 0) is 4.79 Å². The van der Waals surface area contributed by atoms with Gasteiger partial charge in [0.2, 0.25) is 5.91 Å². The van der Waals surface area contributed by atoms with Crippen LogP contribution < -0.4 is 5.32 Å². The average molecular weight is 251 g/mol. The maximum Gasteiger partial charge on any atom is 0.233 e. The van der Waals surface area contributed by atoms with E-state index < -0.39 is 0 Å². The third kappa shape index (κ3) is 2.86. The number of hydrogen-bond donors (Lipinski definition) is 1. The van der Waals surface area contributed by atoms with Crippen LogP contribution in [-0.4, -0.2) is 62.0 Å². The van der Waals surface area contributed by atoms with Crippen LogP contribution in [0.1, 0.15) is 19.3 Å². The van der Waals surface area contributed by atoms with E-state index in [0.29, 0.717) is 6.54 Å². The molecule has 0 spiro atoms. The Balaban J connectivity index is 1.48. The molecule has 4 nitrogen and oxygen atoms in total. The summed E-state index contributed by atoms with van der Waals surface area (Å²) in [6.07, 6.45) is 4.19. The molecule has 2 atom stereocenters. The number of nitrogens with zero attached hydrogens (tertiary/aromatic N) is 2. The predicted octanol–water partition coefficient (Wildman–Crippen LogP) is 0.396. The van der Waals surface area contributed by atoms with Gasteiger partial charge in [0.15, 0.2) is 0 Å². The molecular weight excluding hydrogens is 226 g/mol. The van der Waals surface area contributed by atoms with Gasteiger partial charge in [0, 0.05) is 33.2 Å². The van der Waals surface area contributed by atoms with E-state index in [1.54, 1.807) is 7.05 Å². The summed E-state index contributed by atoms with van der Waals surface area (Å²) < 4.78 is 0. The molecular formula is C14H25N3O. The van der Waals surface area contributed by atoms with Crippen molar-refractivity contribution in [1.29, 1.82) is 0 Å². The number of likely N-dealkylation sites (tertiary alicyclic amines) is 2. The Morgan fingerprint density at radius 3 is 2.56 bits per heavy atom. The van der Waals surface area contributed by atoms with Crippen LogP contribution in [0.3, 0.4) is 0 Å². The van der Waals surface area contributed by atoms with E-state index in [0.717, 1.165) is 30.8 Å². The van der Waals surface area contributed by atoms with Crippen LogP contribution in [0, 0.1) is 17.8 Å². The molecule has 1 aliphatic carbocycles. The van der Waals surface area contributed by atoms with Crippen molar-refractivity contribution in [1.82, 2.24) is 15.1 Å². The number of likely N-dealkylation sites (N-methyl/N-ethyl adjacent to an activating group) is 1. The highest BCUT2D eigenvalue weighted by Gasteiger charge is 2.38. The van der Waals surface area contributed by atoms with E-state index in [9.17, 15) is 4.79 Å². The Morgan fingerprint density at radius 1 is 1.11 bits per heavy atom. The van der Waals surface area contributed by atoms with Gasteiger partial charge in [0.1, 0.15) is 0 Å². The van der Waals surface area contributed by atoms with Gasteiger partial charge in [-0.15, -0.1) is 0 Å². The fraction of sp³-hybridized carbons (Fsp3) is 0.929. The topological polar surface area (TPSA) is 35.6 Å². The summed E-state index contributed by atoms with van der Waals surface area (Å²) in [6.45, 7) is 6.73. The number of carbonyl (C=O) groups is 1. The standard InChI is InChI=1S/C14H25N3O/c1-15-14(18)10-16-5-4-12-7-17(6-11-2-3-11)9-13(12)8-16/h11-13H,2-10H2,1H3,(H,15,18)/t12-,13+/m1/s1. The predicted molar refractivity (Wildman–Crippen MR) is 71.3 cm³/mol. The minimum absolute atomic E-state index is 0.154. The smallest absolute Gasteiger partial charge is 0.233 e. The molecule has 102 valence electrons. The Kier molecular flexibility index (Phi) is 3.57. The van der Waals surface area contributed by atoms with Crippen molar-refractivity contribution in [3.05, 3.63) is 0 Å². The van der Waals surface area contributed by atoms with Crippen LogP contribution in [0.2, 0.25) is 0 Å². The molecule has 2 heterocycles. The molecule has 1 amide bonds. The van der Waals surface area contributed by atoms with E-state index in [2.05, 4.69) is 15.1 Å². The van der Waals surface area contributed by atoms with Crippen molar-refractivity contribution in [3.63, 3.8) is 0 Å². The molecule has 0 aromatic rings. The molecule has 3 fully saturated rings. The summed E-state index contributed by atoms with van der Waals surface area (Å²) in [5, 5.41) is 2.72. The van der Waals surface area contributed by atoms with Crippen molar-refractivity contribution in [2.75, 3.05) is 46.3 Å². The molecule has 0 bridgehead atoms. The van der Waals surface area contributed by atoms with E-state index in [1.165, 1.54) is 38.9 Å². The average Bonchev–Trinajstić information content (AvgIpc) is 3.07. The normalized spacial score (nSPS) is 33.4. The second-order valence-electron chi connectivity index (χ2n) is 6.38. The third-order valence-corrected chi connectivity index (χ3v) is 4.82. The Morgan fingerprint density at radius 2 is 1.83 bits per heavy atom. The van der Waals surface area contributed by atoms with Crippen LogP contribution in [0.25, 0.3) is 0 Å². The molecule has 1 N–H and O–H groups in total. The number of rotatable bonds is 4. The van der Waals surface area contributed by atoms with E-state index in [4.69, 9.17) is 0 Å². The van der Waals surface area contributed by atoms with Gasteiger partial charge in [-0.25, -0.2) is 0 Å². The van der Waals surface area contributed by atoms with Gasteiger partial charge in [0.05, 0.1) is 6.54 Å². The lowest BCUT2D eigenvalue weighted by molar-refractivity contribution is -0.122. The third-order valence-electron chi connectivity index (χ3n) is 4.82. The lowest BCUT2D eigenvalue weighted by atomic mass is 9.89. The van der Waals surface area contributed by atoms with Crippen molar-refractivity contribution >= 4 is 5.91 Å². The minimum atomic E-state index is 0.154. The molecule has 0 aromatic heterocycles. The monoisotopic (exact) mass is 251 g/mol.